The summed E-state index contributed by atoms with van der Waals surface area (Å²) in [7, 11) is -2.11. The van der Waals surface area contributed by atoms with Crippen LogP contribution in [0.25, 0.3) is 0 Å². The molecular formula is C11H19N3O4S. The van der Waals surface area contributed by atoms with Crippen molar-refractivity contribution < 1.29 is 17.9 Å². The van der Waals surface area contributed by atoms with E-state index < -0.39 is 16.0 Å². The average Bonchev–Trinajstić information content (AvgIpc) is 2.73. The number of esters is 1. The largest absolute Gasteiger partial charge is 0.465 e. The molecule has 0 aliphatic heterocycles. The predicted octanol–water partition coefficient (Wildman–Crippen LogP) is 0.382. The molecule has 1 aromatic heterocycles. The molecule has 8 heteroatoms. The van der Waals surface area contributed by atoms with Crippen molar-refractivity contribution in [1.29, 1.82) is 0 Å². The van der Waals surface area contributed by atoms with E-state index in [0.717, 1.165) is 4.31 Å². The molecule has 0 atom stereocenters. The SMILES string of the molecule is CCOC(=O)CN(C(C)C)S(=O)(=O)c1cnn(C)c1. The van der Waals surface area contributed by atoms with Gasteiger partial charge in [0.2, 0.25) is 10.0 Å². The van der Waals surface area contributed by atoms with E-state index in [4.69, 9.17) is 4.74 Å². The number of carbonyl (C=O) groups excluding carboxylic acids is 1. The fourth-order valence-electron chi connectivity index (χ4n) is 1.55. The maximum atomic E-state index is 12.4. The summed E-state index contributed by atoms with van der Waals surface area (Å²) >= 11 is 0. The van der Waals surface area contributed by atoms with Gasteiger partial charge in [-0.1, -0.05) is 0 Å². The standard InChI is InChI=1S/C11H19N3O4S/c1-5-18-11(15)8-14(9(2)3)19(16,17)10-6-12-13(4)7-10/h6-7,9H,5,8H2,1-4H3. The number of rotatable bonds is 6. The maximum absolute atomic E-state index is 12.4. The van der Waals surface area contributed by atoms with Gasteiger partial charge >= 0.3 is 5.97 Å². The Morgan fingerprint density at radius 2 is 2.16 bits per heavy atom. The molecule has 0 spiro atoms. The van der Waals surface area contributed by atoms with Crippen molar-refractivity contribution in [2.24, 2.45) is 7.05 Å². The zero-order chi connectivity index (χ0) is 14.6. The Hall–Kier alpha value is -1.41. The molecule has 0 fully saturated rings. The Bertz CT molecular complexity index is 536. The smallest absolute Gasteiger partial charge is 0.321 e. The molecule has 0 amide bonds. The van der Waals surface area contributed by atoms with Gasteiger partial charge in [-0.3, -0.25) is 9.48 Å². The fourth-order valence-corrected chi connectivity index (χ4v) is 3.11. The van der Waals surface area contributed by atoms with Gasteiger partial charge in [0.15, 0.2) is 0 Å². The second-order valence-electron chi connectivity index (χ2n) is 4.30. The number of sulfonamides is 1. The van der Waals surface area contributed by atoms with Crippen LogP contribution in [0.4, 0.5) is 0 Å². The molecule has 1 rings (SSSR count). The highest BCUT2D eigenvalue weighted by atomic mass is 32.2. The highest BCUT2D eigenvalue weighted by Gasteiger charge is 2.30. The molecule has 0 aliphatic rings. The van der Waals surface area contributed by atoms with Crippen LogP contribution in [0.1, 0.15) is 20.8 Å². The Kier molecular flexibility index (Phi) is 5.07. The highest BCUT2D eigenvalue weighted by Crippen LogP contribution is 2.17. The average molecular weight is 289 g/mol. The molecule has 0 aromatic carbocycles. The van der Waals surface area contributed by atoms with Gasteiger partial charge in [-0.05, 0) is 20.8 Å². The third-order valence-corrected chi connectivity index (χ3v) is 4.43. The van der Waals surface area contributed by atoms with Gasteiger partial charge in [0.05, 0.1) is 12.8 Å². The lowest BCUT2D eigenvalue weighted by molar-refractivity contribution is -0.143. The van der Waals surface area contributed by atoms with Gasteiger partial charge in [-0.25, -0.2) is 8.42 Å². The quantitative estimate of drug-likeness (QED) is 0.707. The molecule has 0 N–H and O–H groups in total. The number of aryl methyl sites for hydroxylation is 1. The van der Waals surface area contributed by atoms with Crippen molar-refractivity contribution in [1.82, 2.24) is 14.1 Å². The van der Waals surface area contributed by atoms with Crippen molar-refractivity contribution in [2.45, 2.75) is 31.7 Å². The number of carbonyl (C=O) groups is 1. The van der Waals surface area contributed by atoms with Crippen LogP contribution >= 0.6 is 0 Å². The minimum absolute atomic E-state index is 0.0630. The lowest BCUT2D eigenvalue weighted by atomic mass is 10.4. The molecule has 0 bridgehead atoms. The molecule has 0 radical (unpaired) electrons. The van der Waals surface area contributed by atoms with E-state index in [2.05, 4.69) is 5.10 Å². The lowest BCUT2D eigenvalue weighted by Crippen LogP contribution is -2.41. The maximum Gasteiger partial charge on any atom is 0.321 e. The third-order valence-electron chi connectivity index (χ3n) is 2.45. The van der Waals surface area contributed by atoms with E-state index in [0.29, 0.717) is 0 Å². The van der Waals surface area contributed by atoms with Crippen LogP contribution in [0, 0.1) is 0 Å². The van der Waals surface area contributed by atoms with Gasteiger partial charge in [-0.2, -0.15) is 9.40 Å². The third kappa shape index (κ3) is 3.77. The number of aromatic nitrogens is 2. The Balaban J connectivity index is 3.02. The summed E-state index contributed by atoms with van der Waals surface area (Å²) in [5.74, 6) is -0.566. The summed E-state index contributed by atoms with van der Waals surface area (Å²) < 4.78 is 32.1. The van der Waals surface area contributed by atoms with E-state index in [9.17, 15) is 13.2 Å². The first-order valence-electron chi connectivity index (χ1n) is 5.95. The van der Waals surface area contributed by atoms with Crippen LogP contribution in [-0.4, -0.2) is 47.7 Å². The van der Waals surface area contributed by atoms with Gasteiger partial charge < -0.3 is 4.74 Å². The van der Waals surface area contributed by atoms with E-state index in [1.54, 1.807) is 27.8 Å². The number of hydrogen-bond donors (Lipinski definition) is 0. The first kappa shape index (κ1) is 15.6. The highest BCUT2D eigenvalue weighted by molar-refractivity contribution is 7.89. The van der Waals surface area contributed by atoms with E-state index in [1.807, 2.05) is 0 Å². The fraction of sp³-hybridized carbons (Fsp3) is 0.636. The van der Waals surface area contributed by atoms with E-state index in [1.165, 1.54) is 17.1 Å². The molecule has 108 valence electrons. The van der Waals surface area contributed by atoms with Crippen LogP contribution in [0.5, 0.6) is 0 Å². The second-order valence-corrected chi connectivity index (χ2v) is 6.19. The molecule has 0 saturated carbocycles. The lowest BCUT2D eigenvalue weighted by Gasteiger charge is -2.24. The molecule has 0 saturated heterocycles. The van der Waals surface area contributed by atoms with Gasteiger partial charge in [0, 0.05) is 19.3 Å². The number of ether oxygens (including phenoxy) is 1. The number of nitrogens with zero attached hydrogens (tertiary/aromatic N) is 3. The normalized spacial score (nSPS) is 12.1. The first-order valence-corrected chi connectivity index (χ1v) is 7.39. The van der Waals surface area contributed by atoms with Gasteiger partial charge in [0.1, 0.15) is 11.4 Å². The summed E-state index contributed by atoms with van der Waals surface area (Å²) in [6.07, 6.45) is 2.66. The van der Waals surface area contributed by atoms with Crippen molar-refractivity contribution in [3.63, 3.8) is 0 Å². The van der Waals surface area contributed by atoms with Crippen LogP contribution in [0.3, 0.4) is 0 Å². The van der Waals surface area contributed by atoms with E-state index >= 15 is 0 Å². The van der Waals surface area contributed by atoms with Crippen LogP contribution < -0.4 is 0 Å². The second kappa shape index (κ2) is 6.16. The minimum Gasteiger partial charge on any atom is -0.465 e. The zero-order valence-corrected chi connectivity index (χ0v) is 12.3. The zero-order valence-electron chi connectivity index (χ0n) is 11.5. The monoisotopic (exact) mass is 289 g/mol. The molecule has 1 heterocycles. The predicted molar refractivity (Wildman–Crippen MR) is 68.9 cm³/mol. The van der Waals surface area contributed by atoms with Crippen molar-refractivity contribution >= 4 is 16.0 Å². The molecule has 7 nitrogen and oxygen atoms in total. The van der Waals surface area contributed by atoms with Crippen molar-refractivity contribution in [3.8, 4) is 0 Å². The van der Waals surface area contributed by atoms with E-state index in [-0.39, 0.29) is 24.1 Å². The Labute approximate surface area is 113 Å². The van der Waals surface area contributed by atoms with Crippen LogP contribution in [0.2, 0.25) is 0 Å². The summed E-state index contributed by atoms with van der Waals surface area (Å²) in [5.41, 5.74) is 0. The summed E-state index contributed by atoms with van der Waals surface area (Å²) in [5, 5.41) is 3.83. The van der Waals surface area contributed by atoms with Crippen molar-refractivity contribution in [3.05, 3.63) is 12.4 Å². The summed E-state index contributed by atoms with van der Waals surface area (Å²) in [6, 6.07) is -0.352. The van der Waals surface area contributed by atoms with Crippen LogP contribution in [-0.2, 0) is 26.6 Å². The molecular weight excluding hydrogens is 270 g/mol. The summed E-state index contributed by atoms with van der Waals surface area (Å²) in [6.45, 7) is 4.99. The molecule has 0 unspecified atom stereocenters. The summed E-state index contributed by atoms with van der Waals surface area (Å²) in [4.78, 5) is 11.6. The first-order chi connectivity index (χ1) is 8.78. The van der Waals surface area contributed by atoms with Crippen molar-refractivity contribution in [2.75, 3.05) is 13.2 Å². The number of hydrogen-bond acceptors (Lipinski definition) is 5. The Morgan fingerprint density at radius 3 is 2.58 bits per heavy atom. The molecule has 19 heavy (non-hydrogen) atoms. The van der Waals surface area contributed by atoms with Crippen LogP contribution in [0.15, 0.2) is 17.3 Å². The molecule has 1 aromatic rings. The topological polar surface area (TPSA) is 81.5 Å². The minimum atomic E-state index is -3.74. The Morgan fingerprint density at radius 1 is 1.53 bits per heavy atom. The molecule has 0 aliphatic carbocycles. The van der Waals surface area contributed by atoms with Gasteiger partial charge in [0.25, 0.3) is 0 Å². The van der Waals surface area contributed by atoms with Gasteiger partial charge in [-0.15, -0.1) is 0 Å².